The molecule has 2 fully saturated rings. The Morgan fingerprint density at radius 2 is 1.85 bits per heavy atom. The maximum atomic E-state index is 12.8. The summed E-state index contributed by atoms with van der Waals surface area (Å²) in [5.74, 6) is 0.0535. The highest BCUT2D eigenvalue weighted by Gasteiger charge is 2.31. The van der Waals surface area contributed by atoms with E-state index in [2.05, 4.69) is 20.4 Å². The van der Waals surface area contributed by atoms with Crippen LogP contribution >= 0.6 is 0 Å². The van der Waals surface area contributed by atoms with Gasteiger partial charge >= 0.3 is 0 Å². The van der Waals surface area contributed by atoms with Crippen LogP contribution in [0, 0.1) is 0 Å². The van der Waals surface area contributed by atoms with Crippen LogP contribution in [0.1, 0.15) is 30.3 Å². The maximum absolute atomic E-state index is 12.8. The van der Waals surface area contributed by atoms with Crippen molar-refractivity contribution in [2.45, 2.75) is 31.8 Å². The van der Waals surface area contributed by atoms with Crippen molar-refractivity contribution in [1.29, 1.82) is 0 Å². The van der Waals surface area contributed by atoms with Crippen LogP contribution in [-0.4, -0.2) is 70.1 Å². The van der Waals surface area contributed by atoms with E-state index in [4.69, 9.17) is 0 Å². The molecule has 1 saturated heterocycles. The monoisotopic (exact) mass is 367 g/mol. The van der Waals surface area contributed by atoms with Gasteiger partial charge in [0.05, 0.1) is 11.7 Å². The van der Waals surface area contributed by atoms with Crippen LogP contribution in [0.2, 0.25) is 0 Å². The van der Waals surface area contributed by atoms with Gasteiger partial charge in [-0.3, -0.25) is 19.6 Å². The van der Waals surface area contributed by atoms with E-state index in [1.54, 1.807) is 6.07 Å². The Hall–Kier alpha value is -2.67. The molecule has 27 heavy (non-hydrogen) atoms. The van der Waals surface area contributed by atoms with E-state index < -0.39 is 0 Å². The largest absolute Gasteiger partial charge is 0.352 e. The number of carbonyl (C=O) groups excluding carboxylic acids is 2. The highest BCUT2D eigenvalue weighted by molar-refractivity contribution is 5.93. The van der Waals surface area contributed by atoms with Crippen molar-refractivity contribution < 1.29 is 9.59 Å². The van der Waals surface area contributed by atoms with E-state index in [9.17, 15) is 9.59 Å². The number of aromatic amines is 1. The molecular formula is C20H25N5O2. The standard InChI is InChI=1S/C20H25N5O2/c1-14(19(26)21-16-7-8-16)24-9-11-25(12-10-24)20(27)18-13-17(22-23-18)15-5-3-2-4-6-15/h2-6,13-14,16H,7-12H2,1H3,(H,21,26)(H,22,23). The normalized spacial score (nSPS) is 18.9. The van der Waals surface area contributed by atoms with Gasteiger partial charge < -0.3 is 10.2 Å². The first-order chi connectivity index (χ1) is 13.1. The van der Waals surface area contributed by atoms with Gasteiger partial charge in [-0.05, 0) is 25.8 Å². The number of hydrogen-bond donors (Lipinski definition) is 2. The van der Waals surface area contributed by atoms with Crippen LogP contribution in [0.3, 0.4) is 0 Å². The van der Waals surface area contributed by atoms with E-state index in [1.165, 1.54) is 0 Å². The molecule has 4 rings (SSSR count). The minimum atomic E-state index is -0.153. The number of piperazine rings is 1. The molecule has 0 radical (unpaired) electrons. The first kappa shape index (κ1) is 17.7. The van der Waals surface area contributed by atoms with Gasteiger partial charge in [-0.15, -0.1) is 0 Å². The number of carbonyl (C=O) groups is 2. The molecule has 2 heterocycles. The summed E-state index contributed by atoms with van der Waals surface area (Å²) >= 11 is 0. The predicted molar refractivity (Wildman–Crippen MR) is 102 cm³/mol. The first-order valence-corrected chi connectivity index (χ1v) is 9.56. The lowest BCUT2D eigenvalue weighted by atomic mass is 10.1. The van der Waals surface area contributed by atoms with Gasteiger partial charge in [-0.2, -0.15) is 5.10 Å². The van der Waals surface area contributed by atoms with E-state index in [-0.39, 0.29) is 17.9 Å². The maximum Gasteiger partial charge on any atom is 0.271 e. The number of H-pyrrole nitrogens is 1. The lowest BCUT2D eigenvalue weighted by Crippen LogP contribution is -2.55. The Labute approximate surface area is 158 Å². The minimum Gasteiger partial charge on any atom is -0.352 e. The Kier molecular flexibility index (Phi) is 4.94. The summed E-state index contributed by atoms with van der Waals surface area (Å²) in [6.07, 6.45) is 2.19. The molecule has 2 aliphatic rings. The van der Waals surface area contributed by atoms with E-state index >= 15 is 0 Å². The lowest BCUT2D eigenvalue weighted by molar-refractivity contribution is -0.126. The van der Waals surface area contributed by atoms with Crippen molar-refractivity contribution in [2.75, 3.05) is 26.2 Å². The molecule has 1 aromatic carbocycles. The number of hydrogen-bond acceptors (Lipinski definition) is 4. The second-order valence-corrected chi connectivity index (χ2v) is 7.32. The molecule has 1 aromatic heterocycles. The molecule has 2 N–H and O–H groups in total. The van der Waals surface area contributed by atoms with Gasteiger partial charge in [0.2, 0.25) is 5.91 Å². The van der Waals surface area contributed by atoms with Crippen LogP contribution < -0.4 is 5.32 Å². The van der Waals surface area contributed by atoms with Crippen molar-refractivity contribution in [1.82, 2.24) is 25.3 Å². The lowest BCUT2D eigenvalue weighted by Gasteiger charge is -2.37. The second-order valence-electron chi connectivity index (χ2n) is 7.32. The molecule has 0 bridgehead atoms. The van der Waals surface area contributed by atoms with Crippen molar-refractivity contribution in [3.05, 3.63) is 42.1 Å². The quantitative estimate of drug-likeness (QED) is 0.839. The molecular weight excluding hydrogens is 342 g/mol. The highest BCUT2D eigenvalue weighted by atomic mass is 16.2. The third-order valence-electron chi connectivity index (χ3n) is 5.33. The molecule has 7 nitrogen and oxygen atoms in total. The summed E-state index contributed by atoms with van der Waals surface area (Å²) < 4.78 is 0. The number of nitrogens with zero attached hydrogens (tertiary/aromatic N) is 3. The SMILES string of the molecule is CC(C(=O)NC1CC1)N1CCN(C(=O)c2cc(-c3ccccc3)n[nH]2)CC1. The fourth-order valence-electron chi connectivity index (χ4n) is 3.39. The summed E-state index contributed by atoms with van der Waals surface area (Å²) in [5.41, 5.74) is 2.25. The Morgan fingerprint density at radius 1 is 1.15 bits per heavy atom. The number of rotatable bonds is 5. The third kappa shape index (κ3) is 4.03. The summed E-state index contributed by atoms with van der Waals surface area (Å²) in [5, 5.41) is 10.2. The number of nitrogens with one attached hydrogen (secondary N) is 2. The van der Waals surface area contributed by atoms with Crippen molar-refractivity contribution >= 4 is 11.8 Å². The molecule has 7 heteroatoms. The zero-order valence-electron chi connectivity index (χ0n) is 15.5. The van der Waals surface area contributed by atoms with Crippen LogP contribution in [0.15, 0.2) is 36.4 Å². The molecule has 1 unspecified atom stereocenters. The highest BCUT2D eigenvalue weighted by Crippen LogP contribution is 2.20. The van der Waals surface area contributed by atoms with E-state index in [0.29, 0.717) is 37.9 Å². The smallest absolute Gasteiger partial charge is 0.271 e. The number of amides is 2. The van der Waals surface area contributed by atoms with Crippen LogP contribution in [0.4, 0.5) is 0 Å². The fourth-order valence-corrected chi connectivity index (χ4v) is 3.39. The Balaban J connectivity index is 1.33. The van der Waals surface area contributed by atoms with Gasteiger partial charge in [0.1, 0.15) is 5.69 Å². The molecule has 1 aliphatic heterocycles. The summed E-state index contributed by atoms with van der Waals surface area (Å²) in [4.78, 5) is 29.0. The van der Waals surface area contributed by atoms with Crippen molar-refractivity contribution in [3.8, 4) is 11.3 Å². The van der Waals surface area contributed by atoms with Crippen molar-refractivity contribution in [2.24, 2.45) is 0 Å². The summed E-state index contributed by atoms with van der Waals surface area (Å²) in [7, 11) is 0. The molecule has 1 saturated carbocycles. The third-order valence-corrected chi connectivity index (χ3v) is 5.33. The van der Waals surface area contributed by atoms with Gasteiger partial charge in [0.15, 0.2) is 0 Å². The molecule has 2 amide bonds. The average Bonchev–Trinajstić information content (AvgIpc) is 3.39. The number of aromatic nitrogens is 2. The second kappa shape index (κ2) is 7.52. The Bertz CT molecular complexity index is 807. The number of benzene rings is 1. The molecule has 0 spiro atoms. The summed E-state index contributed by atoms with van der Waals surface area (Å²) in [6.45, 7) is 4.56. The molecule has 1 atom stereocenters. The molecule has 2 aromatic rings. The average molecular weight is 367 g/mol. The van der Waals surface area contributed by atoms with E-state index in [0.717, 1.165) is 24.1 Å². The zero-order chi connectivity index (χ0) is 18.8. The van der Waals surface area contributed by atoms with Gasteiger partial charge in [0, 0.05) is 37.8 Å². The fraction of sp³-hybridized carbons (Fsp3) is 0.450. The van der Waals surface area contributed by atoms with Gasteiger partial charge in [-0.25, -0.2) is 0 Å². The first-order valence-electron chi connectivity index (χ1n) is 9.56. The van der Waals surface area contributed by atoms with Crippen LogP contribution in [0.25, 0.3) is 11.3 Å². The van der Waals surface area contributed by atoms with E-state index in [1.807, 2.05) is 42.2 Å². The molecule has 142 valence electrons. The molecule has 1 aliphatic carbocycles. The zero-order valence-corrected chi connectivity index (χ0v) is 15.5. The Morgan fingerprint density at radius 3 is 2.52 bits per heavy atom. The van der Waals surface area contributed by atoms with Crippen LogP contribution in [-0.2, 0) is 4.79 Å². The van der Waals surface area contributed by atoms with Crippen molar-refractivity contribution in [3.63, 3.8) is 0 Å². The van der Waals surface area contributed by atoms with Gasteiger partial charge in [-0.1, -0.05) is 30.3 Å². The summed E-state index contributed by atoms with van der Waals surface area (Å²) in [6, 6.07) is 11.8. The topological polar surface area (TPSA) is 81.3 Å². The predicted octanol–water partition coefficient (Wildman–Crippen LogP) is 1.50. The minimum absolute atomic E-state index is 0.0422. The van der Waals surface area contributed by atoms with Gasteiger partial charge in [0.25, 0.3) is 5.91 Å². The van der Waals surface area contributed by atoms with Crippen LogP contribution in [0.5, 0.6) is 0 Å².